The van der Waals surface area contributed by atoms with E-state index in [1.807, 2.05) is 31.2 Å². The lowest BCUT2D eigenvalue weighted by atomic mass is 10.1. The highest BCUT2D eigenvalue weighted by molar-refractivity contribution is 7.80. The van der Waals surface area contributed by atoms with Gasteiger partial charge < -0.3 is 9.84 Å². The normalized spacial score (nSPS) is 20.3. The second-order valence-corrected chi connectivity index (χ2v) is 5.50. The van der Waals surface area contributed by atoms with Crippen molar-refractivity contribution in [3.8, 4) is 0 Å². The van der Waals surface area contributed by atoms with E-state index >= 15 is 0 Å². The Morgan fingerprint density at radius 2 is 2.00 bits per heavy atom. The van der Waals surface area contributed by atoms with Crippen LogP contribution in [0.2, 0.25) is 0 Å². The van der Waals surface area contributed by atoms with Crippen molar-refractivity contribution in [1.29, 1.82) is 0 Å². The summed E-state index contributed by atoms with van der Waals surface area (Å²) >= 11 is -1.37. The molecule has 4 nitrogen and oxygen atoms in total. The second-order valence-electron chi connectivity index (χ2n) is 4.32. The van der Waals surface area contributed by atoms with Gasteiger partial charge in [0, 0.05) is 13.7 Å². The van der Waals surface area contributed by atoms with Crippen molar-refractivity contribution in [1.82, 2.24) is 0 Å². The molecule has 0 amide bonds. The van der Waals surface area contributed by atoms with Crippen molar-refractivity contribution in [3.05, 3.63) is 29.8 Å². The van der Waals surface area contributed by atoms with Crippen LogP contribution in [-0.4, -0.2) is 35.7 Å². The predicted molar refractivity (Wildman–Crippen MR) is 75.3 cm³/mol. The van der Waals surface area contributed by atoms with Gasteiger partial charge in [-0.1, -0.05) is 17.7 Å². The molecule has 1 aromatic carbocycles. The molecule has 1 heterocycles. The van der Waals surface area contributed by atoms with E-state index in [1.54, 1.807) is 0 Å². The average molecular weight is 286 g/mol. The first-order valence-electron chi connectivity index (χ1n) is 6.44. The Morgan fingerprint density at radius 3 is 2.58 bits per heavy atom. The highest BCUT2D eigenvalue weighted by atomic mass is 32.2. The summed E-state index contributed by atoms with van der Waals surface area (Å²) in [6, 6.07) is 7.56. The van der Waals surface area contributed by atoms with E-state index in [0.29, 0.717) is 11.5 Å². The van der Waals surface area contributed by atoms with E-state index in [9.17, 15) is 4.21 Å². The summed E-state index contributed by atoms with van der Waals surface area (Å²) in [5.74, 6) is 0. The average Bonchev–Trinajstić information content (AvgIpc) is 2.49. The molecule has 108 valence electrons. The molecule has 0 spiro atoms. The quantitative estimate of drug-likeness (QED) is 0.922. The summed E-state index contributed by atoms with van der Waals surface area (Å²) < 4.78 is 22.7. The van der Waals surface area contributed by atoms with Crippen LogP contribution in [0.15, 0.2) is 29.2 Å². The topological polar surface area (TPSA) is 55.8 Å². The fraction of sp³-hybridized carbons (Fsp3) is 0.571. The standard InChI is InChI=1S/C13H18O3S.CH4O/c1-11-5-7-13(8-6-11)17(14)16-10-12-4-2-3-9-15-12;1-2/h5-8,12H,2-4,9-10H2,1H3;2H,1H3. The Bertz CT molecular complexity index is 372. The van der Waals surface area contributed by atoms with Gasteiger partial charge in [-0.3, -0.25) is 4.18 Å². The smallest absolute Gasteiger partial charge is 0.189 e. The minimum absolute atomic E-state index is 0.109. The number of ether oxygens (including phenoxy) is 1. The molecule has 1 N–H and O–H groups in total. The summed E-state index contributed by atoms with van der Waals surface area (Å²) in [6.07, 6.45) is 3.41. The number of hydrogen-bond donors (Lipinski definition) is 1. The predicted octanol–water partition coefficient (Wildman–Crippen LogP) is 2.21. The Kier molecular flexibility index (Phi) is 7.90. The van der Waals surface area contributed by atoms with E-state index in [0.717, 1.165) is 32.1 Å². The van der Waals surface area contributed by atoms with Gasteiger partial charge in [0.2, 0.25) is 0 Å². The van der Waals surface area contributed by atoms with Crippen LogP contribution in [-0.2, 0) is 20.0 Å². The van der Waals surface area contributed by atoms with Gasteiger partial charge in [0.05, 0.1) is 17.6 Å². The molecule has 1 aliphatic heterocycles. The van der Waals surface area contributed by atoms with E-state index in [2.05, 4.69) is 0 Å². The zero-order chi connectivity index (χ0) is 14.1. The lowest BCUT2D eigenvalue weighted by Gasteiger charge is -2.21. The zero-order valence-electron chi connectivity index (χ0n) is 11.5. The third kappa shape index (κ3) is 5.82. The Hall–Kier alpha value is -0.750. The summed E-state index contributed by atoms with van der Waals surface area (Å²) in [4.78, 5) is 0.714. The number of rotatable bonds is 4. The number of aliphatic hydroxyl groups is 1. The molecule has 19 heavy (non-hydrogen) atoms. The van der Waals surface area contributed by atoms with Crippen molar-refractivity contribution < 1.29 is 18.2 Å². The summed E-state index contributed by atoms with van der Waals surface area (Å²) in [6.45, 7) is 3.22. The monoisotopic (exact) mass is 286 g/mol. The molecular formula is C14H22O4S. The van der Waals surface area contributed by atoms with Crippen molar-refractivity contribution in [2.45, 2.75) is 37.2 Å². The van der Waals surface area contributed by atoms with Gasteiger partial charge in [-0.05, 0) is 38.3 Å². The molecule has 0 radical (unpaired) electrons. The molecule has 0 saturated carbocycles. The van der Waals surface area contributed by atoms with Crippen molar-refractivity contribution >= 4 is 11.1 Å². The van der Waals surface area contributed by atoms with Crippen LogP contribution in [0.1, 0.15) is 24.8 Å². The largest absolute Gasteiger partial charge is 0.400 e. The highest BCUT2D eigenvalue weighted by Gasteiger charge is 2.15. The zero-order valence-corrected chi connectivity index (χ0v) is 12.3. The fourth-order valence-electron chi connectivity index (χ4n) is 1.79. The van der Waals surface area contributed by atoms with E-state index < -0.39 is 11.1 Å². The van der Waals surface area contributed by atoms with Gasteiger partial charge in [0.25, 0.3) is 0 Å². The first-order valence-corrected chi connectivity index (χ1v) is 7.51. The van der Waals surface area contributed by atoms with Gasteiger partial charge in [-0.15, -0.1) is 0 Å². The van der Waals surface area contributed by atoms with Gasteiger partial charge in [0.1, 0.15) is 0 Å². The van der Waals surface area contributed by atoms with Crippen molar-refractivity contribution in [2.75, 3.05) is 20.3 Å². The maximum absolute atomic E-state index is 11.8. The van der Waals surface area contributed by atoms with Crippen LogP contribution in [0.3, 0.4) is 0 Å². The van der Waals surface area contributed by atoms with Crippen LogP contribution in [0.4, 0.5) is 0 Å². The molecule has 2 rings (SSSR count). The van der Waals surface area contributed by atoms with Crippen LogP contribution >= 0.6 is 0 Å². The highest BCUT2D eigenvalue weighted by Crippen LogP contribution is 2.15. The molecule has 1 saturated heterocycles. The van der Waals surface area contributed by atoms with Crippen LogP contribution < -0.4 is 0 Å². The Balaban J connectivity index is 0.000000861. The Morgan fingerprint density at radius 1 is 1.32 bits per heavy atom. The molecule has 1 aliphatic rings. The van der Waals surface area contributed by atoms with Crippen LogP contribution in [0.5, 0.6) is 0 Å². The Labute approximate surface area is 117 Å². The van der Waals surface area contributed by atoms with Crippen molar-refractivity contribution in [2.24, 2.45) is 0 Å². The maximum atomic E-state index is 11.8. The first kappa shape index (κ1) is 16.3. The molecule has 0 aromatic heterocycles. The molecule has 5 heteroatoms. The maximum Gasteiger partial charge on any atom is 0.189 e. The lowest BCUT2D eigenvalue weighted by molar-refractivity contribution is -0.00839. The van der Waals surface area contributed by atoms with Gasteiger partial charge in [-0.2, -0.15) is 0 Å². The minimum atomic E-state index is -1.37. The van der Waals surface area contributed by atoms with Crippen LogP contribution in [0, 0.1) is 6.92 Å². The van der Waals surface area contributed by atoms with Crippen molar-refractivity contribution in [3.63, 3.8) is 0 Å². The van der Waals surface area contributed by atoms with Gasteiger partial charge in [0.15, 0.2) is 11.1 Å². The van der Waals surface area contributed by atoms with Gasteiger partial charge >= 0.3 is 0 Å². The number of hydrogen-bond acceptors (Lipinski definition) is 4. The molecule has 1 aromatic rings. The first-order chi connectivity index (χ1) is 9.25. The third-order valence-corrected chi connectivity index (χ3v) is 3.86. The molecule has 0 bridgehead atoms. The number of aryl methyl sites for hydroxylation is 1. The summed E-state index contributed by atoms with van der Waals surface area (Å²) in [5, 5.41) is 7.00. The molecular weight excluding hydrogens is 264 g/mol. The van der Waals surface area contributed by atoms with Crippen LogP contribution in [0.25, 0.3) is 0 Å². The minimum Gasteiger partial charge on any atom is -0.400 e. The number of aliphatic hydroxyl groups excluding tert-OH is 1. The van der Waals surface area contributed by atoms with E-state index in [4.69, 9.17) is 14.0 Å². The molecule has 2 atom stereocenters. The molecule has 2 unspecified atom stereocenters. The third-order valence-electron chi connectivity index (χ3n) is 2.85. The SMILES string of the molecule is CO.Cc1ccc(S(=O)OCC2CCCCO2)cc1. The van der Waals surface area contributed by atoms with E-state index in [1.165, 1.54) is 6.42 Å². The fourth-order valence-corrected chi connectivity index (χ4v) is 2.56. The second kappa shape index (κ2) is 9.20. The van der Waals surface area contributed by atoms with E-state index in [-0.39, 0.29) is 6.10 Å². The molecule has 0 aliphatic carbocycles. The van der Waals surface area contributed by atoms with Gasteiger partial charge in [-0.25, -0.2) is 4.21 Å². The lowest BCUT2D eigenvalue weighted by Crippen LogP contribution is -2.24. The summed E-state index contributed by atoms with van der Waals surface area (Å²) in [7, 11) is 1.00. The molecule has 1 fully saturated rings. The summed E-state index contributed by atoms with van der Waals surface area (Å²) in [5.41, 5.74) is 1.15. The number of benzene rings is 1.